The fourth-order valence-electron chi connectivity index (χ4n) is 2.96. The van der Waals surface area contributed by atoms with Gasteiger partial charge in [-0.05, 0) is 42.3 Å². The number of nitrogens with one attached hydrogen (secondary N) is 1. The number of rotatable bonds is 5. The van der Waals surface area contributed by atoms with Crippen LogP contribution in [0.15, 0.2) is 42.5 Å². The lowest BCUT2D eigenvalue weighted by Gasteiger charge is -2.20. The summed E-state index contributed by atoms with van der Waals surface area (Å²) in [7, 11) is 0. The standard InChI is InChI=1S/C17H18ClN3O3/c18-13-2-1-3-15(9-13)20-7-6-14(10-20)19-16-8-12(11-22)4-5-17(16)21(23)24/h1-5,8-9,14,19,22H,6-7,10-11H2. The topological polar surface area (TPSA) is 78.6 Å². The molecule has 24 heavy (non-hydrogen) atoms. The second kappa shape index (κ2) is 7.07. The molecule has 0 spiro atoms. The molecule has 6 nitrogen and oxygen atoms in total. The van der Waals surface area contributed by atoms with Crippen LogP contribution in [-0.4, -0.2) is 29.2 Å². The highest BCUT2D eigenvalue weighted by Crippen LogP contribution is 2.29. The van der Waals surface area contributed by atoms with E-state index in [2.05, 4.69) is 10.2 Å². The van der Waals surface area contributed by atoms with E-state index >= 15 is 0 Å². The van der Waals surface area contributed by atoms with Crippen LogP contribution in [0.2, 0.25) is 5.02 Å². The molecule has 1 aliphatic rings. The highest BCUT2D eigenvalue weighted by atomic mass is 35.5. The second-order valence-electron chi connectivity index (χ2n) is 5.82. The molecular weight excluding hydrogens is 330 g/mol. The van der Waals surface area contributed by atoms with Crippen molar-refractivity contribution in [2.75, 3.05) is 23.3 Å². The molecule has 0 aliphatic carbocycles. The minimum absolute atomic E-state index is 0.0217. The van der Waals surface area contributed by atoms with Gasteiger partial charge in [0, 0.05) is 35.9 Å². The Balaban J connectivity index is 1.74. The molecule has 2 aromatic carbocycles. The number of aliphatic hydroxyl groups is 1. The first-order valence-corrected chi connectivity index (χ1v) is 8.10. The van der Waals surface area contributed by atoms with Gasteiger partial charge in [-0.15, -0.1) is 0 Å². The number of hydrogen-bond acceptors (Lipinski definition) is 5. The predicted molar refractivity (Wildman–Crippen MR) is 94.7 cm³/mol. The Morgan fingerprint density at radius 3 is 2.88 bits per heavy atom. The lowest BCUT2D eigenvalue weighted by atomic mass is 10.1. The van der Waals surface area contributed by atoms with Gasteiger partial charge in [0.1, 0.15) is 5.69 Å². The van der Waals surface area contributed by atoms with Crippen molar-refractivity contribution < 1.29 is 10.0 Å². The summed E-state index contributed by atoms with van der Waals surface area (Å²) in [4.78, 5) is 13.0. The van der Waals surface area contributed by atoms with Gasteiger partial charge in [-0.3, -0.25) is 10.1 Å². The van der Waals surface area contributed by atoms with E-state index in [0.717, 1.165) is 25.2 Å². The fraction of sp³-hybridized carbons (Fsp3) is 0.294. The highest BCUT2D eigenvalue weighted by Gasteiger charge is 2.25. The van der Waals surface area contributed by atoms with Crippen LogP contribution in [0.5, 0.6) is 0 Å². The SMILES string of the molecule is O=[N+]([O-])c1ccc(CO)cc1NC1CCN(c2cccc(Cl)c2)C1. The number of nitro groups is 1. The third-order valence-corrected chi connectivity index (χ3v) is 4.40. The summed E-state index contributed by atoms with van der Waals surface area (Å²) < 4.78 is 0. The molecule has 2 N–H and O–H groups in total. The molecule has 1 heterocycles. The monoisotopic (exact) mass is 347 g/mol. The van der Waals surface area contributed by atoms with Crippen LogP contribution >= 0.6 is 11.6 Å². The predicted octanol–water partition coefficient (Wildman–Crippen LogP) is 3.43. The summed E-state index contributed by atoms with van der Waals surface area (Å²) in [5.74, 6) is 0. The molecule has 1 atom stereocenters. The van der Waals surface area contributed by atoms with E-state index in [9.17, 15) is 15.2 Å². The first kappa shape index (κ1) is 16.5. The number of nitro benzene ring substituents is 1. The smallest absolute Gasteiger partial charge is 0.292 e. The quantitative estimate of drug-likeness (QED) is 0.640. The zero-order chi connectivity index (χ0) is 17.1. The minimum atomic E-state index is -0.410. The van der Waals surface area contributed by atoms with Crippen LogP contribution in [0.4, 0.5) is 17.1 Å². The molecule has 0 saturated carbocycles. The fourth-order valence-corrected chi connectivity index (χ4v) is 3.15. The van der Waals surface area contributed by atoms with Gasteiger partial charge in [0.25, 0.3) is 5.69 Å². The number of anilines is 2. The average Bonchev–Trinajstić information content (AvgIpc) is 3.03. The Morgan fingerprint density at radius 2 is 2.17 bits per heavy atom. The van der Waals surface area contributed by atoms with Gasteiger partial charge in [0.15, 0.2) is 0 Å². The van der Waals surface area contributed by atoms with Crippen molar-refractivity contribution in [1.82, 2.24) is 0 Å². The summed E-state index contributed by atoms with van der Waals surface area (Å²) in [6, 6.07) is 12.4. The van der Waals surface area contributed by atoms with E-state index < -0.39 is 4.92 Å². The van der Waals surface area contributed by atoms with Crippen molar-refractivity contribution in [3.8, 4) is 0 Å². The van der Waals surface area contributed by atoms with Crippen LogP contribution < -0.4 is 10.2 Å². The second-order valence-corrected chi connectivity index (χ2v) is 6.26. The molecule has 0 bridgehead atoms. The van der Waals surface area contributed by atoms with Gasteiger partial charge in [0.05, 0.1) is 11.5 Å². The van der Waals surface area contributed by atoms with Gasteiger partial charge in [-0.2, -0.15) is 0 Å². The zero-order valence-electron chi connectivity index (χ0n) is 13.0. The van der Waals surface area contributed by atoms with Gasteiger partial charge in [-0.25, -0.2) is 0 Å². The molecule has 2 aromatic rings. The molecule has 7 heteroatoms. The molecule has 1 saturated heterocycles. The van der Waals surface area contributed by atoms with Crippen molar-refractivity contribution >= 4 is 28.7 Å². The van der Waals surface area contributed by atoms with Crippen LogP contribution in [0.25, 0.3) is 0 Å². The molecule has 0 aromatic heterocycles. The molecule has 1 fully saturated rings. The summed E-state index contributed by atoms with van der Waals surface area (Å²) >= 11 is 6.04. The molecule has 0 radical (unpaired) electrons. The van der Waals surface area contributed by atoms with Gasteiger partial charge < -0.3 is 15.3 Å². The third-order valence-electron chi connectivity index (χ3n) is 4.16. The van der Waals surface area contributed by atoms with E-state index in [1.807, 2.05) is 24.3 Å². The Morgan fingerprint density at radius 1 is 1.33 bits per heavy atom. The molecule has 0 amide bonds. The number of aliphatic hydroxyl groups excluding tert-OH is 1. The zero-order valence-corrected chi connectivity index (χ0v) is 13.7. The summed E-state index contributed by atoms with van der Waals surface area (Å²) in [5, 5.41) is 24.4. The normalized spacial score (nSPS) is 17.1. The number of nitrogens with zero attached hydrogens (tertiary/aromatic N) is 2. The van der Waals surface area contributed by atoms with Crippen LogP contribution in [0.3, 0.4) is 0 Å². The maximum absolute atomic E-state index is 11.2. The summed E-state index contributed by atoms with van der Waals surface area (Å²) in [6.45, 7) is 1.44. The van der Waals surface area contributed by atoms with Gasteiger partial charge >= 0.3 is 0 Å². The van der Waals surface area contributed by atoms with Crippen molar-refractivity contribution in [2.45, 2.75) is 19.1 Å². The number of benzene rings is 2. The third kappa shape index (κ3) is 3.60. The van der Waals surface area contributed by atoms with E-state index in [1.165, 1.54) is 6.07 Å². The summed E-state index contributed by atoms with van der Waals surface area (Å²) in [5.41, 5.74) is 2.16. The highest BCUT2D eigenvalue weighted by molar-refractivity contribution is 6.30. The Kier molecular flexibility index (Phi) is 4.87. The maximum atomic E-state index is 11.2. The lowest BCUT2D eigenvalue weighted by Crippen LogP contribution is -2.26. The molecule has 3 rings (SSSR count). The Labute approximate surface area is 144 Å². The van der Waals surface area contributed by atoms with Crippen LogP contribution in [0.1, 0.15) is 12.0 Å². The average molecular weight is 348 g/mol. The van der Waals surface area contributed by atoms with E-state index in [0.29, 0.717) is 16.3 Å². The van der Waals surface area contributed by atoms with Crippen LogP contribution in [0, 0.1) is 10.1 Å². The maximum Gasteiger partial charge on any atom is 0.292 e. The van der Waals surface area contributed by atoms with Crippen LogP contribution in [-0.2, 0) is 6.61 Å². The first-order chi connectivity index (χ1) is 11.6. The van der Waals surface area contributed by atoms with Crippen molar-refractivity contribution in [2.24, 2.45) is 0 Å². The first-order valence-electron chi connectivity index (χ1n) is 7.72. The molecule has 126 valence electrons. The van der Waals surface area contributed by atoms with E-state index in [-0.39, 0.29) is 18.3 Å². The van der Waals surface area contributed by atoms with Gasteiger partial charge in [0.2, 0.25) is 0 Å². The van der Waals surface area contributed by atoms with E-state index in [1.54, 1.807) is 12.1 Å². The van der Waals surface area contributed by atoms with E-state index in [4.69, 9.17) is 11.6 Å². The van der Waals surface area contributed by atoms with Crippen molar-refractivity contribution in [1.29, 1.82) is 0 Å². The largest absolute Gasteiger partial charge is 0.392 e. The van der Waals surface area contributed by atoms with Gasteiger partial charge in [-0.1, -0.05) is 17.7 Å². The minimum Gasteiger partial charge on any atom is -0.392 e. The Bertz CT molecular complexity index is 754. The van der Waals surface area contributed by atoms with Crippen molar-refractivity contribution in [3.05, 3.63) is 63.2 Å². The molecule has 1 unspecified atom stereocenters. The summed E-state index contributed by atoms with van der Waals surface area (Å²) in [6.07, 6.45) is 0.868. The Hall–Kier alpha value is -2.31. The molecular formula is C17H18ClN3O3. The van der Waals surface area contributed by atoms with Crippen molar-refractivity contribution in [3.63, 3.8) is 0 Å². The molecule has 1 aliphatic heterocycles. The number of hydrogen-bond donors (Lipinski definition) is 2. The number of halogens is 1. The lowest BCUT2D eigenvalue weighted by molar-refractivity contribution is -0.384.